The highest BCUT2D eigenvalue weighted by molar-refractivity contribution is 6.25. The van der Waals surface area contributed by atoms with Crippen LogP contribution in [-0.2, 0) is 25.6 Å². The van der Waals surface area contributed by atoms with Gasteiger partial charge < -0.3 is 40.5 Å². The molecule has 1 unspecified atom stereocenters. The number of nitrogens with one attached hydrogen (secondary N) is 3. The molecule has 3 aromatic carbocycles. The van der Waals surface area contributed by atoms with E-state index in [1.54, 1.807) is 24.5 Å². The molecule has 5 heterocycles. The zero-order valence-corrected chi connectivity index (χ0v) is 37.9. The van der Waals surface area contributed by atoms with E-state index in [1.807, 2.05) is 42.5 Å². The van der Waals surface area contributed by atoms with E-state index >= 15 is 0 Å². The highest BCUT2D eigenvalue weighted by Crippen LogP contribution is 2.37. The number of rotatable bonds is 19. The molecule has 2 aromatic heterocycles. The predicted molar refractivity (Wildman–Crippen MR) is 254 cm³/mol. The van der Waals surface area contributed by atoms with Crippen LogP contribution in [-0.4, -0.2) is 144 Å². The fraction of sp³-hybridized carbons (Fsp3) is 0.440. The summed E-state index contributed by atoms with van der Waals surface area (Å²) in [6, 6.07) is 22.5. The van der Waals surface area contributed by atoms with Crippen LogP contribution in [0, 0.1) is 5.92 Å². The number of imide groups is 1. The summed E-state index contributed by atoms with van der Waals surface area (Å²) in [5, 5.41) is 9.42. The molecule has 5 aromatic rings. The van der Waals surface area contributed by atoms with Gasteiger partial charge in [-0.25, -0.2) is 9.97 Å². The number of hydrogen-bond acceptors (Lipinski definition) is 13. The topological polar surface area (TPSA) is 199 Å². The number of carbonyl (C=O) groups is 4. The van der Waals surface area contributed by atoms with Crippen molar-refractivity contribution in [1.29, 1.82) is 0 Å². The van der Waals surface area contributed by atoms with Gasteiger partial charge in [-0.2, -0.15) is 0 Å². The van der Waals surface area contributed by atoms with Gasteiger partial charge >= 0.3 is 0 Å². The number of benzene rings is 3. The highest BCUT2D eigenvalue weighted by Gasteiger charge is 2.44. The van der Waals surface area contributed by atoms with Crippen LogP contribution >= 0.6 is 0 Å². The number of nitrogens with zero attached hydrogens (tertiary/aromatic N) is 6. The Bertz CT molecular complexity index is 2520. The number of amides is 4. The quantitative estimate of drug-likeness (QED) is 0.0653. The van der Waals surface area contributed by atoms with Crippen LogP contribution in [0.15, 0.2) is 85.3 Å². The zero-order valence-electron chi connectivity index (χ0n) is 37.9. The van der Waals surface area contributed by atoms with Crippen molar-refractivity contribution in [1.82, 2.24) is 39.9 Å². The second-order valence-electron chi connectivity index (χ2n) is 17.7. The molecule has 9 rings (SSSR count). The minimum Gasteiger partial charge on any atom is -0.457 e. The van der Waals surface area contributed by atoms with Gasteiger partial charge in [-0.3, -0.25) is 33.9 Å². The van der Waals surface area contributed by atoms with Crippen LogP contribution in [0.2, 0.25) is 0 Å². The van der Waals surface area contributed by atoms with Crippen molar-refractivity contribution < 1.29 is 33.4 Å². The lowest BCUT2D eigenvalue weighted by atomic mass is 9.85. The van der Waals surface area contributed by atoms with E-state index in [1.165, 1.54) is 25.7 Å². The summed E-state index contributed by atoms with van der Waals surface area (Å²) in [7, 11) is 0. The number of hydrogen-bond donors (Lipinski definition) is 4. The van der Waals surface area contributed by atoms with E-state index in [0.717, 1.165) is 77.8 Å². The lowest BCUT2D eigenvalue weighted by Crippen LogP contribution is -2.52. The van der Waals surface area contributed by atoms with Gasteiger partial charge in [-0.05, 0) is 86.4 Å². The number of fused-ring (bicyclic) bond motifs is 2. The van der Waals surface area contributed by atoms with Crippen LogP contribution in [0.4, 0.5) is 11.5 Å². The highest BCUT2D eigenvalue weighted by atomic mass is 16.5. The number of para-hydroxylation sites is 1. The van der Waals surface area contributed by atoms with Crippen molar-refractivity contribution in [3.05, 3.63) is 96.4 Å². The lowest BCUT2D eigenvalue weighted by molar-refractivity contribution is -0.126. The standard InChI is InChI=1S/C50H60N10O7/c51-46-45-40(35-13-17-38(18-14-35)67-37-6-2-1-3-7-37)32-59(47(45)56-33-55-46)31-34-11-15-36(16-12-34)58-23-21-57(22-24-58)25-27-66-29-28-65-26-20-52-43(61)30-54-41-9-4-8-39-44(41)50(64)60(49(39)63)42-10-5-19-53-48(42)62/h1-4,6-9,13-14,17-18,32-34,36,42,54H,5,10-12,15-16,19-31H2,(H,52,61)(H,53,62)(H2,51,55,56). The number of carbonyl (C=O) groups excluding carboxylic acids is 4. The molecule has 1 aliphatic carbocycles. The second kappa shape index (κ2) is 21.5. The molecule has 2 saturated heterocycles. The van der Waals surface area contributed by atoms with Gasteiger partial charge in [0.05, 0.1) is 49.5 Å². The fourth-order valence-electron chi connectivity index (χ4n) is 9.91. The zero-order chi connectivity index (χ0) is 46.1. The number of aromatic nitrogens is 3. The van der Waals surface area contributed by atoms with Gasteiger partial charge in [0.25, 0.3) is 11.8 Å². The molecule has 4 aliphatic rings. The Hall–Kier alpha value is -6.40. The second-order valence-corrected chi connectivity index (χ2v) is 17.7. The number of ether oxygens (including phenoxy) is 3. The molecular formula is C50H60N10O7. The minimum absolute atomic E-state index is 0.0916. The summed E-state index contributed by atoms with van der Waals surface area (Å²) >= 11 is 0. The van der Waals surface area contributed by atoms with Gasteiger partial charge in [0.2, 0.25) is 11.8 Å². The number of anilines is 2. The van der Waals surface area contributed by atoms with E-state index in [0.29, 0.717) is 75.8 Å². The molecule has 3 fully saturated rings. The van der Waals surface area contributed by atoms with Crippen LogP contribution in [0.5, 0.6) is 11.5 Å². The van der Waals surface area contributed by atoms with Gasteiger partial charge in [0, 0.05) is 75.8 Å². The van der Waals surface area contributed by atoms with Crippen molar-refractivity contribution in [3.63, 3.8) is 0 Å². The smallest absolute Gasteiger partial charge is 0.264 e. The normalized spacial score (nSPS) is 20.2. The molecule has 17 heteroatoms. The first kappa shape index (κ1) is 45.7. The SMILES string of the molecule is Nc1ncnc2c1c(-c1ccc(Oc3ccccc3)cc1)cn2CC1CCC(N2CCN(CCOCCOCCNC(=O)CNc3cccc4c3C(=O)N(C3CCCNC3=O)C4=O)CC2)CC1. The molecule has 0 spiro atoms. The van der Waals surface area contributed by atoms with Crippen molar-refractivity contribution in [2.75, 3.05) is 89.8 Å². The maximum atomic E-state index is 13.3. The molecule has 67 heavy (non-hydrogen) atoms. The molecule has 1 saturated carbocycles. The average molecular weight is 913 g/mol. The summed E-state index contributed by atoms with van der Waals surface area (Å²) in [5.41, 5.74) is 10.2. The number of nitrogen functional groups attached to an aromatic ring is 1. The molecule has 3 aliphatic heterocycles. The Morgan fingerprint density at radius 1 is 0.791 bits per heavy atom. The monoisotopic (exact) mass is 912 g/mol. The minimum atomic E-state index is -0.829. The first-order valence-electron chi connectivity index (χ1n) is 23.6. The Morgan fingerprint density at radius 3 is 2.33 bits per heavy atom. The van der Waals surface area contributed by atoms with E-state index in [-0.39, 0.29) is 29.5 Å². The maximum Gasteiger partial charge on any atom is 0.264 e. The van der Waals surface area contributed by atoms with Crippen LogP contribution in [0.1, 0.15) is 59.2 Å². The Labute approximate surface area is 390 Å². The summed E-state index contributed by atoms with van der Waals surface area (Å²) in [6.45, 7) is 8.62. The molecule has 352 valence electrons. The fourth-order valence-corrected chi connectivity index (χ4v) is 9.91. The largest absolute Gasteiger partial charge is 0.457 e. The Kier molecular flexibility index (Phi) is 14.7. The number of piperazine rings is 1. The van der Waals surface area contributed by atoms with E-state index in [2.05, 4.69) is 53.6 Å². The van der Waals surface area contributed by atoms with E-state index in [4.69, 9.17) is 24.9 Å². The summed E-state index contributed by atoms with van der Waals surface area (Å²) < 4.78 is 19.8. The third-order valence-corrected chi connectivity index (χ3v) is 13.5. The third-order valence-electron chi connectivity index (χ3n) is 13.5. The molecule has 17 nitrogen and oxygen atoms in total. The molecule has 0 bridgehead atoms. The molecule has 5 N–H and O–H groups in total. The molecule has 0 radical (unpaired) electrons. The third kappa shape index (κ3) is 10.8. The van der Waals surface area contributed by atoms with Crippen molar-refractivity contribution >= 4 is 46.2 Å². The van der Waals surface area contributed by atoms with Gasteiger partial charge in [0.1, 0.15) is 35.3 Å². The van der Waals surface area contributed by atoms with Crippen molar-refractivity contribution in [2.45, 2.75) is 57.2 Å². The van der Waals surface area contributed by atoms with Gasteiger partial charge in [-0.1, -0.05) is 36.4 Å². The molecule has 1 atom stereocenters. The predicted octanol–water partition coefficient (Wildman–Crippen LogP) is 4.79. The van der Waals surface area contributed by atoms with Gasteiger partial charge in [0.15, 0.2) is 0 Å². The number of piperidine rings is 1. The lowest BCUT2D eigenvalue weighted by Gasteiger charge is -2.42. The molecular weight excluding hydrogens is 853 g/mol. The Balaban J connectivity index is 0.629. The van der Waals surface area contributed by atoms with E-state index < -0.39 is 17.9 Å². The summed E-state index contributed by atoms with van der Waals surface area (Å²) in [6.07, 6.45) is 9.62. The molecule has 4 amide bonds. The first-order valence-corrected chi connectivity index (χ1v) is 23.6. The van der Waals surface area contributed by atoms with Crippen molar-refractivity contribution in [3.8, 4) is 22.6 Å². The van der Waals surface area contributed by atoms with Crippen LogP contribution in [0.3, 0.4) is 0 Å². The van der Waals surface area contributed by atoms with Crippen LogP contribution < -0.4 is 26.4 Å². The number of nitrogens with two attached hydrogens (primary N) is 1. The van der Waals surface area contributed by atoms with Gasteiger partial charge in [-0.15, -0.1) is 0 Å². The van der Waals surface area contributed by atoms with E-state index in [9.17, 15) is 19.2 Å². The average Bonchev–Trinajstić information content (AvgIpc) is 3.85. The van der Waals surface area contributed by atoms with Crippen LogP contribution in [0.25, 0.3) is 22.2 Å². The summed E-state index contributed by atoms with van der Waals surface area (Å²) in [4.78, 5) is 66.6. The first-order chi connectivity index (χ1) is 32.8. The summed E-state index contributed by atoms with van der Waals surface area (Å²) in [5.74, 6) is 1.01. The maximum absolute atomic E-state index is 13.3. The van der Waals surface area contributed by atoms with Crippen molar-refractivity contribution in [2.24, 2.45) is 5.92 Å². The Morgan fingerprint density at radius 2 is 1.55 bits per heavy atom.